The van der Waals surface area contributed by atoms with E-state index >= 15 is 0 Å². The zero-order chi connectivity index (χ0) is 22.0. The molecule has 3 N–H and O–H groups in total. The molecule has 2 aliphatic heterocycles. The van der Waals surface area contributed by atoms with E-state index in [1.165, 1.54) is 0 Å². The average Bonchev–Trinajstić information content (AvgIpc) is 3.34. The van der Waals surface area contributed by atoms with Crippen LogP contribution in [-0.2, 0) is 14.3 Å². The van der Waals surface area contributed by atoms with Crippen LogP contribution in [0.1, 0.15) is 71.6 Å². The second-order valence-corrected chi connectivity index (χ2v) is 11.4. The first-order chi connectivity index (χ1) is 14.8. The van der Waals surface area contributed by atoms with Gasteiger partial charge in [0.1, 0.15) is 17.7 Å². The minimum absolute atomic E-state index is 0.0253. The highest BCUT2D eigenvalue weighted by Gasteiger charge is 2.63. The van der Waals surface area contributed by atoms with Crippen LogP contribution in [-0.4, -0.2) is 53.1 Å². The Morgan fingerprint density at radius 2 is 1.90 bits per heavy atom. The smallest absolute Gasteiger partial charge is 0.323 e. The average molecular weight is 429 g/mol. The lowest BCUT2D eigenvalue weighted by atomic mass is 9.46. The van der Waals surface area contributed by atoms with Crippen molar-refractivity contribution >= 4 is 11.9 Å². The Labute approximate surface area is 185 Å². The van der Waals surface area contributed by atoms with Crippen LogP contribution in [0, 0.1) is 34.5 Å². The number of nitriles is 1. The lowest BCUT2D eigenvalue weighted by Gasteiger charge is -2.62. The molecular formula is C24H36N4O3. The Kier molecular flexibility index (Phi) is 5.10. The van der Waals surface area contributed by atoms with Crippen molar-refractivity contribution in [1.82, 2.24) is 10.2 Å². The Morgan fingerprint density at radius 1 is 1.19 bits per heavy atom. The van der Waals surface area contributed by atoms with E-state index in [9.17, 15) is 14.9 Å². The molecule has 4 saturated carbocycles. The molecule has 6 rings (SSSR count). The fourth-order valence-electron chi connectivity index (χ4n) is 8.01. The second kappa shape index (κ2) is 7.45. The minimum Gasteiger partial charge on any atom is -0.458 e. The van der Waals surface area contributed by atoms with Crippen LogP contribution in [0.5, 0.6) is 0 Å². The predicted molar refractivity (Wildman–Crippen MR) is 114 cm³/mol. The van der Waals surface area contributed by atoms with E-state index in [1.807, 2.05) is 6.92 Å². The number of hydrogen-bond acceptors (Lipinski definition) is 6. The number of rotatable bonds is 4. The molecule has 31 heavy (non-hydrogen) atoms. The van der Waals surface area contributed by atoms with Crippen LogP contribution in [0.4, 0.5) is 0 Å². The van der Waals surface area contributed by atoms with Gasteiger partial charge in [0.2, 0.25) is 5.91 Å². The SMILES string of the molecule is CC1[C@@H](C)C[C@@H](C#N)N1C(=O)[C@@H](N)C12CC3CC(CC(OC(=O)[C@@H]4CCCN4)(C3)C1)C2. The van der Waals surface area contributed by atoms with E-state index in [-0.39, 0.29) is 29.4 Å². The van der Waals surface area contributed by atoms with Crippen molar-refractivity contribution in [3.05, 3.63) is 0 Å². The van der Waals surface area contributed by atoms with Crippen molar-refractivity contribution < 1.29 is 14.3 Å². The highest BCUT2D eigenvalue weighted by atomic mass is 16.6. The van der Waals surface area contributed by atoms with Crippen LogP contribution in [0.25, 0.3) is 0 Å². The zero-order valence-corrected chi connectivity index (χ0v) is 18.8. The zero-order valence-electron chi connectivity index (χ0n) is 18.8. The molecule has 0 spiro atoms. The van der Waals surface area contributed by atoms with Crippen LogP contribution < -0.4 is 11.1 Å². The van der Waals surface area contributed by atoms with Crippen LogP contribution >= 0.6 is 0 Å². The number of carbonyl (C=O) groups is 2. The summed E-state index contributed by atoms with van der Waals surface area (Å²) in [6.07, 6.45) is 8.09. The van der Waals surface area contributed by atoms with Gasteiger partial charge in [-0.2, -0.15) is 5.26 Å². The Balaban J connectivity index is 1.38. The van der Waals surface area contributed by atoms with E-state index in [0.29, 0.717) is 30.6 Å². The molecule has 6 fully saturated rings. The first kappa shape index (κ1) is 21.2. The lowest BCUT2D eigenvalue weighted by molar-refractivity contribution is -0.207. The summed E-state index contributed by atoms with van der Waals surface area (Å²) < 4.78 is 6.26. The number of ether oxygens (including phenoxy) is 1. The molecule has 7 heteroatoms. The maximum absolute atomic E-state index is 13.7. The van der Waals surface area contributed by atoms with Crippen molar-refractivity contribution in [3.8, 4) is 6.07 Å². The van der Waals surface area contributed by atoms with E-state index < -0.39 is 17.7 Å². The second-order valence-electron chi connectivity index (χ2n) is 11.4. The fraction of sp³-hybridized carbons (Fsp3) is 0.875. The van der Waals surface area contributed by atoms with E-state index in [0.717, 1.165) is 51.5 Å². The number of hydrogen-bond donors (Lipinski definition) is 2. The van der Waals surface area contributed by atoms with Gasteiger partial charge in [-0.3, -0.25) is 9.59 Å². The van der Waals surface area contributed by atoms with E-state index in [1.54, 1.807) is 4.90 Å². The summed E-state index contributed by atoms with van der Waals surface area (Å²) in [5.74, 6) is 1.02. The highest BCUT2D eigenvalue weighted by molar-refractivity contribution is 5.84. The van der Waals surface area contributed by atoms with Gasteiger partial charge < -0.3 is 20.7 Å². The quantitative estimate of drug-likeness (QED) is 0.664. The Morgan fingerprint density at radius 3 is 2.52 bits per heavy atom. The molecule has 7 nitrogen and oxygen atoms in total. The van der Waals surface area contributed by atoms with Crippen LogP contribution in [0.3, 0.4) is 0 Å². The van der Waals surface area contributed by atoms with Crippen LogP contribution in [0.15, 0.2) is 0 Å². The van der Waals surface area contributed by atoms with Crippen molar-refractivity contribution in [2.75, 3.05) is 6.54 Å². The van der Waals surface area contributed by atoms with Gasteiger partial charge in [-0.25, -0.2) is 0 Å². The largest absolute Gasteiger partial charge is 0.458 e. The number of nitrogens with two attached hydrogens (primary N) is 1. The summed E-state index contributed by atoms with van der Waals surface area (Å²) in [6, 6.07) is 1.13. The molecule has 0 aromatic rings. The third-order valence-corrected chi connectivity index (χ3v) is 9.24. The van der Waals surface area contributed by atoms with Gasteiger partial charge in [0.15, 0.2) is 0 Å². The maximum atomic E-state index is 13.7. The number of carbonyl (C=O) groups excluding carboxylic acids is 2. The molecule has 7 atom stereocenters. The summed E-state index contributed by atoms with van der Waals surface area (Å²) in [4.78, 5) is 28.3. The van der Waals surface area contributed by atoms with Crippen LogP contribution in [0.2, 0.25) is 0 Å². The van der Waals surface area contributed by atoms with E-state index in [2.05, 4.69) is 18.3 Å². The Bertz CT molecular complexity index is 787. The molecule has 4 bridgehead atoms. The van der Waals surface area contributed by atoms with Crippen molar-refractivity contribution in [1.29, 1.82) is 5.26 Å². The third-order valence-electron chi connectivity index (χ3n) is 9.24. The molecule has 0 aromatic carbocycles. The van der Waals surface area contributed by atoms with Gasteiger partial charge in [0.25, 0.3) is 0 Å². The summed E-state index contributed by atoms with van der Waals surface area (Å²) in [6.45, 7) is 5.00. The molecule has 2 saturated heterocycles. The monoisotopic (exact) mass is 428 g/mol. The molecule has 6 aliphatic rings. The molecule has 1 amide bonds. The van der Waals surface area contributed by atoms with Gasteiger partial charge in [0.05, 0.1) is 12.1 Å². The minimum atomic E-state index is -0.635. The topological polar surface area (TPSA) is 108 Å². The highest BCUT2D eigenvalue weighted by Crippen LogP contribution is 2.64. The summed E-state index contributed by atoms with van der Waals surface area (Å²) in [5.41, 5.74) is 5.99. The Hall–Kier alpha value is -1.65. The molecule has 170 valence electrons. The van der Waals surface area contributed by atoms with Gasteiger partial charge in [-0.15, -0.1) is 0 Å². The van der Waals surface area contributed by atoms with Crippen molar-refractivity contribution in [2.45, 2.75) is 101 Å². The normalized spacial score (nSPS) is 46.7. The number of nitrogens with zero attached hydrogens (tertiary/aromatic N) is 2. The number of likely N-dealkylation sites (tertiary alicyclic amines) is 1. The lowest BCUT2D eigenvalue weighted by Crippen LogP contribution is -2.66. The van der Waals surface area contributed by atoms with Gasteiger partial charge in [-0.1, -0.05) is 6.92 Å². The van der Waals surface area contributed by atoms with E-state index in [4.69, 9.17) is 10.5 Å². The summed E-state index contributed by atoms with van der Waals surface area (Å²) >= 11 is 0. The fourth-order valence-corrected chi connectivity index (χ4v) is 8.01. The number of esters is 1. The summed E-state index contributed by atoms with van der Waals surface area (Å²) in [7, 11) is 0. The van der Waals surface area contributed by atoms with Gasteiger partial charge in [-0.05, 0) is 94.4 Å². The summed E-state index contributed by atoms with van der Waals surface area (Å²) in [5, 5.41) is 12.9. The molecule has 0 aromatic heterocycles. The van der Waals surface area contributed by atoms with Crippen molar-refractivity contribution in [3.63, 3.8) is 0 Å². The molecule has 3 unspecified atom stereocenters. The maximum Gasteiger partial charge on any atom is 0.323 e. The van der Waals surface area contributed by atoms with Gasteiger partial charge >= 0.3 is 5.97 Å². The molecule has 2 heterocycles. The first-order valence-corrected chi connectivity index (χ1v) is 12.2. The molecule has 0 radical (unpaired) electrons. The predicted octanol–water partition coefficient (Wildman–Crippen LogP) is 2.10. The molecule has 4 aliphatic carbocycles. The third kappa shape index (κ3) is 3.38. The molecular weight excluding hydrogens is 392 g/mol. The number of nitrogens with one attached hydrogen (secondary N) is 1. The standard InChI is InChI=1S/C24H36N4O3/c1-14-6-18(12-25)28(15(14)2)21(29)20(26)23-8-16-7-17(9-23)11-24(10-16,13-23)31-22(30)19-4-3-5-27-19/h14-20,27H,3-11,13,26H2,1-2H3/t14-,15?,16?,17?,18-,19-,20+,23?,24?/m0/s1. The van der Waals surface area contributed by atoms with Crippen molar-refractivity contribution in [2.24, 2.45) is 28.9 Å². The number of amides is 1. The van der Waals surface area contributed by atoms with Gasteiger partial charge in [0, 0.05) is 6.04 Å². The first-order valence-electron chi connectivity index (χ1n) is 12.2.